The lowest BCUT2D eigenvalue weighted by atomic mass is 10.3. The minimum Gasteiger partial charge on any atom is -0.481 e. The quantitative estimate of drug-likeness (QED) is 0.371. The molecular weight excluding hydrogens is 348 g/mol. The Kier molecular flexibility index (Phi) is 12.8. The molecule has 0 fully saturated rings. The summed E-state index contributed by atoms with van der Waals surface area (Å²) in [5.41, 5.74) is 0. The van der Waals surface area contributed by atoms with Crippen LogP contribution < -0.4 is 0 Å². The third-order valence-corrected chi connectivity index (χ3v) is 3.47. The second-order valence-electron chi connectivity index (χ2n) is 5.64. The second kappa shape index (κ2) is 14.0. The summed E-state index contributed by atoms with van der Waals surface area (Å²) >= 11 is 0. The number of carbonyl (C=O) groups excluding carboxylic acids is 2. The number of hydrogen-bond acceptors (Lipinski definition) is 6. The lowest BCUT2D eigenvalue weighted by molar-refractivity contribution is -0.141. The van der Waals surface area contributed by atoms with Crippen LogP contribution in [0.25, 0.3) is 0 Å². The molecule has 0 aromatic heterocycles. The van der Waals surface area contributed by atoms with Crippen molar-refractivity contribution in [3.63, 3.8) is 0 Å². The van der Waals surface area contributed by atoms with E-state index in [1.807, 2.05) is 0 Å². The van der Waals surface area contributed by atoms with Crippen LogP contribution in [0.4, 0.5) is 0 Å². The summed E-state index contributed by atoms with van der Waals surface area (Å²) in [5.74, 6) is -2.51. The number of aliphatic carboxylic acids is 2. The maximum absolute atomic E-state index is 11.6. The molecule has 0 aliphatic heterocycles. The Morgan fingerprint density at radius 1 is 0.654 bits per heavy atom. The first-order valence-corrected chi connectivity index (χ1v) is 8.31. The highest BCUT2D eigenvalue weighted by Gasteiger charge is 2.11. The Hall–Kier alpha value is -2.20. The van der Waals surface area contributed by atoms with Crippen molar-refractivity contribution in [2.24, 2.45) is 0 Å². The number of rotatable bonds is 15. The lowest BCUT2D eigenvalue weighted by Crippen LogP contribution is -2.31. The van der Waals surface area contributed by atoms with Gasteiger partial charge < -0.3 is 29.5 Å². The number of carbonyl (C=O) groups is 4. The van der Waals surface area contributed by atoms with Crippen LogP contribution in [0.2, 0.25) is 0 Å². The van der Waals surface area contributed by atoms with E-state index in [9.17, 15) is 19.2 Å². The van der Waals surface area contributed by atoms with Gasteiger partial charge in [-0.1, -0.05) is 0 Å². The molecule has 26 heavy (non-hydrogen) atoms. The van der Waals surface area contributed by atoms with Gasteiger partial charge in [-0.3, -0.25) is 19.2 Å². The van der Waals surface area contributed by atoms with E-state index in [1.165, 1.54) is 9.80 Å². The predicted molar refractivity (Wildman–Crippen MR) is 90.7 cm³/mol. The van der Waals surface area contributed by atoms with Gasteiger partial charge in [-0.25, -0.2) is 0 Å². The summed E-state index contributed by atoms with van der Waals surface area (Å²) in [5, 5.41) is 17.0. The highest BCUT2D eigenvalue weighted by molar-refractivity contribution is 5.81. The van der Waals surface area contributed by atoms with E-state index in [2.05, 4.69) is 0 Å². The van der Waals surface area contributed by atoms with Crippen LogP contribution >= 0.6 is 0 Å². The third kappa shape index (κ3) is 13.1. The van der Waals surface area contributed by atoms with Crippen molar-refractivity contribution >= 4 is 23.8 Å². The molecule has 0 heterocycles. The average Bonchev–Trinajstić information content (AvgIpc) is 2.58. The number of hydrogen-bond donors (Lipinski definition) is 2. The summed E-state index contributed by atoms with van der Waals surface area (Å²) < 4.78 is 10.6. The average molecular weight is 376 g/mol. The molecule has 2 N–H and O–H groups in total. The van der Waals surface area contributed by atoms with Gasteiger partial charge in [-0.2, -0.15) is 0 Å². The van der Waals surface area contributed by atoms with E-state index in [0.717, 1.165) is 0 Å². The van der Waals surface area contributed by atoms with Crippen LogP contribution in [-0.4, -0.2) is 97.4 Å². The minimum atomic E-state index is -1.01. The van der Waals surface area contributed by atoms with Gasteiger partial charge in [0, 0.05) is 40.0 Å². The summed E-state index contributed by atoms with van der Waals surface area (Å²) in [6.45, 7) is 2.00. The van der Waals surface area contributed by atoms with Gasteiger partial charge >= 0.3 is 11.9 Å². The number of likely N-dealkylation sites (N-methyl/N-ethyl adjacent to an activating group) is 2. The van der Waals surface area contributed by atoms with E-state index in [1.54, 1.807) is 14.1 Å². The molecule has 0 aliphatic carbocycles. The first kappa shape index (κ1) is 23.8. The number of carboxylic acids is 2. The standard InChI is InChI=1S/C16H28N2O8/c1-17(13(19)3-5-15(21)22)7-9-25-11-12-26-10-8-18(2)14(20)4-6-16(23)24/h3-12H2,1-2H3,(H,21,22)(H,23,24). The zero-order chi connectivity index (χ0) is 19.9. The zero-order valence-electron chi connectivity index (χ0n) is 15.3. The smallest absolute Gasteiger partial charge is 0.303 e. The van der Waals surface area contributed by atoms with Gasteiger partial charge in [0.15, 0.2) is 0 Å². The lowest BCUT2D eigenvalue weighted by Gasteiger charge is -2.17. The summed E-state index contributed by atoms with van der Waals surface area (Å²) in [6, 6.07) is 0. The van der Waals surface area contributed by atoms with E-state index in [0.29, 0.717) is 39.5 Å². The van der Waals surface area contributed by atoms with Crippen molar-refractivity contribution in [2.75, 3.05) is 53.6 Å². The molecule has 0 bridgehead atoms. The van der Waals surface area contributed by atoms with Crippen LogP contribution in [0.15, 0.2) is 0 Å². The molecule has 0 aromatic carbocycles. The van der Waals surface area contributed by atoms with Gasteiger partial charge in [-0.05, 0) is 0 Å². The normalized spacial score (nSPS) is 10.4. The van der Waals surface area contributed by atoms with Gasteiger partial charge in [-0.15, -0.1) is 0 Å². The second-order valence-corrected chi connectivity index (χ2v) is 5.64. The van der Waals surface area contributed by atoms with Crippen LogP contribution in [0.5, 0.6) is 0 Å². The van der Waals surface area contributed by atoms with Crippen LogP contribution in [0.1, 0.15) is 25.7 Å². The fourth-order valence-corrected chi connectivity index (χ4v) is 1.78. The third-order valence-electron chi connectivity index (χ3n) is 3.47. The highest BCUT2D eigenvalue weighted by atomic mass is 16.5. The minimum absolute atomic E-state index is 0.0341. The van der Waals surface area contributed by atoms with Crippen molar-refractivity contribution in [3.8, 4) is 0 Å². The molecule has 0 aromatic rings. The first-order valence-electron chi connectivity index (χ1n) is 8.31. The molecule has 10 heteroatoms. The van der Waals surface area contributed by atoms with Gasteiger partial charge in [0.1, 0.15) is 0 Å². The van der Waals surface area contributed by atoms with Crippen LogP contribution in [0, 0.1) is 0 Å². The van der Waals surface area contributed by atoms with Gasteiger partial charge in [0.25, 0.3) is 0 Å². The van der Waals surface area contributed by atoms with E-state index < -0.39 is 11.9 Å². The molecule has 0 aliphatic rings. The molecule has 0 spiro atoms. The zero-order valence-corrected chi connectivity index (χ0v) is 15.3. The Balaban J connectivity index is 3.58. The van der Waals surface area contributed by atoms with Crippen molar-refractivity contribution in [1.82, 2.24) is 9.80 Å². The van der Waals surface area contributed by atoms with Gasteiger partial charge in [0.2, 0.25) is 11.8 Å². The number of ether oxygens (including phenoxy) is 2. The molecule has 2 amide bonds. The molecule has 0 saturated carbocycles. The van der Waals surface area contributed by atoms with Crippen molar-refractivity contribution in [2.45, 2.75) is 25.7 Å². The van der Waals surface area contributed by atoms with E-state index in [4.69, 9.17) is 19.7 Å². The Bertz CT molecular complexity index is 427. The summed E-state index contributed by atoms with van der Waals surface area (Å²) in [4.78, 5) is 46.8. The maximum atomic E-state index is 11.6. The molecule has 0 saturated heterocycles. The van der Waals surface area contributed by atoms with Crippen LogP contribution in [-0.2, 0) is 28.7 Å². The Morgan fingerprint density at radius 2 is 1.00 bits per heavy atom. The van der Waals surface area contributed by atoms with E-state index >= 15 is 0 Å². The topological polar surface area (TPSA) is 134 Å². The molecule has 10 nitrogen and oxygen atoms in total. The SMILES string of the molecule is CN(CCOCCOCCN(C)C(=O)CCC(=O)O)C(=O)CCC(=O)O. The number of amides is 2. The molecule has 0 unspecified atom stereocenters. The predicted octanol–water partition coefficient (Wildman–Crippen LogP) is -0.334. The number of nitrogens with zero attached hydrogens (tertiary/aromatic N) is 2. The Labute approximate surface area is 152 Å². The molecule has 150 valence electrons. The molecular formula is C16H28N2O8. The van der Waals surface area contributed by atoms with Crippen LogP contribution in [0.3, 0.4) is 0 Å². The fourth-order valence-electron chi connectivity index (χ4n) is 1.78. The first-order chi connectivity index (χ1) is 12.2. The maximum Gasteiger partial charge on any atom is 0.303 e. The molecule has 0 atom stereocenters. The van der Waals surface area contributed by atoms with Crippen molar-refractivity contribution < 1.29 is 38.9 Å². The van der Waals surface area contributed by atoms with E-state index in [-0.39, 0.29) is 37.5 Å². The molecule has 0 rings (SSSR count). The highest BCUT2D eigenvalue weighted by Crippen LogP contribution is 1.97. The van der Waals surface area contributed by atoms with Crippen molar-refractivity contribution in [3.05, 3.63) is 0 Å². The number of carboxylic acid groups (broad SMARTS) is 2. The monoisotopic (exact) mass is 376 g/mol. The van der Waals surface area contributed by atoms with Gasteiger partial charge in [0.05, 0.1) is 39.3 Å². The summed E-state index contributed by atoms with van der Waals surface area (Å²) in [7, 11) is 3.17. The molecule has 0 radical (unpaired) electrons. The largest absolute Gasteiger partial charge is 0.481 e. The van der Waals surface area contributed by atoms with Crippen molar-refractivity contribution in [1.29, 1.82) is 0 Å². The Morgan fingerprint density at radius 3 is 1.31 bits per heavy atom. The fraction of sp³-hybridized carbons (Fsp3) is 0.750. The summed E-state index contributed by atoms with van der Waals surface area (Å²) in [6.07, 6.45) is -0.447.